The van der Waals surface area contributed by atoms with Crippen molar-refractivity contribution in [1.29, 1.82) is 0 Å². The number of rotatable bonds is 8. The van der Waals surface area contributed by atoms with Crippen LogP contribution in [-0.4, -0.2) is 33.1 Å². The number of para-hydroxylation sites is 1. The Morgan fingerprint density at radius 2 is 1.84 bits per heavy atom. The van der Waals surface area contributed by atoms with E-state index in [0.29, 0.717) is 17.0 Å². The van der Waals surface area contributed by atoms with Gasteiger partial charge in [0.1, 0.15) is 5.75 Å². The molecule has 7 heteroatoms. The summed E-state index contributed by atoms with van der Waals surface area (Å²) in [6.07, 6.45) is 5.24. The van der Waals surface area contributed by atoms with Crippen molar-refractivity contribution in [2.45, 2.75) is 13.3 Å². The number of nitrogens with one attached hydrogen (secondary N) is 1. The number of carbonyl (C=O) groups is 2. The number of hydrogen-bond donors (Lipinski definition) is 1. The van der Waals surface area contributed by atoms with Gasteiger partial charge in [-0.15, -0.1) is 0 Å². The molecular weight excluding hydrogens is 404 g/mol. The van der Waals surface area contributed by atoms with Gasteiger partial charge in [-0.3, -0.25) is 14.6 Å². The zero-order valence-electron chi connectivity index (χ0n) is 17.6. The zero-order chi connectivity index (χ0) is 22.3. The van der Waals surface area contributed by atoms with Gasteiger partial charge in [0.05, 0.1) is 23.8 Å². The van der Waals surface area contributed by atoms with Gasteiger partial charge in [-0.05, 0) is 42.8 Å². The third-order valence-electron chi connectivity index (χ3n) is 4.75. The van der Waals surface area contributed by atoms with Gasteiger partial charge in [-0.2, -0.15) is 5.10 Å². The third-order valence-corrected chi connectivity index (χ3v) is 4.75. The molecule has 0 saturated heterocycles. The topological polar surface area (TPSA) is 86.1 Å². The number of anilines is 1. The van der Waals surface area contributed by atoms with Crippen molar-refractivity contribution in [2.24, 2.45) is 0 Å². The standard InChI is InChI=1S/C25H22N4O3/c1-18-10-11-19(14-26-18)12-24(30)20-6-5-7-22(13-20)29-16-21(15-27-29)28-25(31)17-32-23-8-3-2-4-9-23/h2-11,13-16H,12,17H2,1H3,(H,28,31). The number of carbonyl (C=O) groups excluding carboxylic acids is 2. The van der Waals surface area contributed by atoms with E-state index in [1.807, 2.05) is 49.4 Å². The van der Waals surface area contributed by atoms with Crippen LogP contribution in [0.15, 0.2) is 85.3 Å². The quantitative estimate of drug-likeness (QED) is 0.430. The molecular formula is C25H22N4O3. The number of ketones is 1. The first kappa shape index (κ1) is 21.0. The van der Waals surface area contributed by atoms with Crippen molar-refractivity contribution in [3.8, 4) is 11.4 Å². The maximum Gasteiger partial charge on any atom is 0.262 e. The van der Waals surface area contributed by atoms with Crippen LogP contribution in [0.25, 0.3) is 5.69 Å². The van der Waals surface area contributed by atoms with Gasteiger partial charge in [0.15, 0.2) is 12.4 Å². The number of benzene rings is 2. The minimum atomic E-state index is -0.288. The van der Waals surface area contributed by atoms with E-state index in [1.165, 1.54) is 0 Å². The fourth-order valence-corrected chi connectivity index (χ4v) is 3.10. The van der Waals surface area contributed by atoms with E-state index in [4.69, 9.17) is 4.74 Å². The molecule has 0 bridgehead atoms. The van der Waals surface area contributed by atoms with Gasteiger partial charge in [0.2, 0.25) is 0 Å². The molecule has 0 saturated carbocycles. The van der Waals surface area contributed by atoms with Crippen molar-refractivity contribution in [3.05, 3.63) is 102 Å². The van der Waals surface area contributed by atoms with Crippen LogP contribution in [0.2, 0.25) is 0 Å². The summed E-state index contributed by atoms with van der Waals surface area (Å²) in [6.45, 7) is 1.80. The SMILES string of the molecule is Cc1ccc(CC(=O)c2cccc(-n3cc(NC(=O)COc4ccccc4)cn3)c2)cn1. The Morgan fingerprint density at radius 3 is 2.62 bits per heavy atom. The molecule has 160 valence electrons. The first-order chi connectivity index (χ1) is 15.6. The highest BCUT2D eigenvalue weighted by molar-refractivity contribution is 5.98. The monoisotopic (exact) mass is 426 g/mol. The van der Waals surface area contributed by atoms with Gasteiger partial charge in [-0.1, -0.05) is 36.4 Å². The Morgan fingerprint density at radius 1 is 1.00 bits per heavy atom. The number of Topliss-reactive ketones (excluding diaryl/α,β-unsaturated/α-hetero) is 1. The maximum absolute atomic E-state index is 12.7. The fraction of sp³-hybridized carbons (Fsp3) is 0.120. The van der Waals surface area contributed by atoms with Crippen LogP contribution in [0, 0.1) is 6.92 Å². The van der Waals surface area contributed by atoms with Gasteiger partial charge in [-0.25, -0.2) is 4.68 Å². The van der Waals surface area contributed by atoms with E-state index < -0.39 is 0 Å². The molecule has 1 amide bonds. The van der Waals surface area contributed by atoms with E-state index >= 15 is 0 Å². The molecule has 0 unspecified atom stereocenters. The molecule has 2 heterocycles. The lowest BCUT2D eigenvalue weighted by atomic mass is 10.0. The summed E-state index contributed by atoms with van der Waals surface area (Å²) >= 11 is 0. The lowest BCUT2D eigenvalue weighted by Crippen LogP contribution is -2.19. The van der Waals surface area contributed by atoms with Crippen molar-refractivity contribution in [2.75, 3.05) is 11.9 Å². The molecule has 1 N–H and O–H groups in total. The minimum absolute atomic E-state index is 0.00348. The lowest BCUT2D eigenvalue weighted by Gasteiger charge is -2.06. The molecule has 2 aromatic heterocycles. The molecule has 4 rings (SSSR count). The molecule has 4 aromatic rings. The van der Waals surface area contributed by atoms with E-state index in [-0.39, 0.29) is 24.7 Å². The molecule has 0 aliphatic heterocycles. The van der Waals surface area contributed by atoms with E-state index in [2.05, 4.69) is 15.4 Å². The van der Waals surface area contributed by atoms with Gasteiger partial charge < -0.3 is 10.1 Å². The van der Waals surface area contributed by atoms with Crippen molar-refractivity contribution in [3.63, 3.8) is 0 Å². The second-order valence-corrected chi connectivity index (χ2v) is 7.28. The van der Waals surface area contributed by atoms with E-state index in [0.717, 1.165) is 16.9 Å². The first-order valence-corrected chi connectivity index (χ1v) is 10.1. The van der Waals surface area contributed by atoms with Gasteiger partial charge in [0, 0.05) is 23.9 Å². The Bertz CT molecular complexity index is 1220. The van der Waals surface area contributed by atoms with E-state index in [1.54, 1.807) is 47.5 Å². The Labute approximate surface area is 185 Å². The molecule has 0 fully saturated rings. The van der Waals surface area contributed by atoms with Gasteiger partial charge in [0.25, 0.3) is 5.91 Å². The Balaban J connectivity index is 1.38. The van der Waals surface area contributed by atoms with Gasteiger partial charge >= 0.3 is 0 Å². The summed E-state index contributed by atoms with van der Waals surface area (Å²) in [5, 5.41) is 7.05. The second-order valence-electron chi connectivity index (χ2n) is 7.28. The highest BCUT2D eigenvalue weighted by Crippen LogP contribution is 2.16. The molecule has 0 aliphatic rings. The summed E-state index contributed by atoms with van der Waals surface area (Å²) < 4.78 is 7.06. The minimum Gasteiger partial charge on any atom is -0.484 e. The summed E-state index contributed by atoms with van der Waals surface area (Å²) in [4.78, 5) is 29.1. The van der Waals surface area contributed by atoms with Crippen molar-refractivity contribution in [1.82, 2.24) is 14.8 Å². The predicted octanol–water partition coefficient (Wildman–Crippen LogP) is 4.02. The molecule has 7 nitrogen and oxygen atoms in total. The highest BCUT2D eigenvalue weighted by atomic mass is 16.5. The van der Waals surface area contributed by atoms with Crippen LogP contribution in [0.5, 0.6) is 5.75 Å². The van der Waals surface area contributed by atoms with Crippen LogP contribution in [0.4, 0.5) is 5.69 Å². The molecule has 32 heavy (non-hydrogen) atoms. The molecule has 0 aliphatic carbocycles. The molecule has 2 aromatic carbocycles. The Hall–Kier alpha value is -4.26. The zero-order valence-corrected chi connectivity index (χ0v) is 17.6. The maximum atomic E-state index is 12.7. The first-order valence-electron chi connectivity index (χ1n) is 10.1. The Kier molecular flexibility index (Phi) is 6.36. The normalized spacial score (nSPS) is 10.5. The van der Waals surface area contributed by atoms with E-state index in [9.17, 15) is 9.59 Å². The van der Waals surface area contributed by atoms with Crippen LogP contribution in [0.3, 0.4) is 0 Å². The summed E-state index contributed by atoms with van der Waals surface area (Å²) in [5.74, 6) is 0.335. The smallest absolute Gasteiger partial charge is 0.262 e. The number of nitrogens with zero attached hydrogens (tertiary/aromatic N) is 3. The largest absolute Gasteiger partial charge is 0.484 e. The lowest BCUT2D eigenvalue weighted by molar-refractivity contribution is -0.118. The number of hydrogen-bond acceptors (Lipinski definition) is 5. The number of pyridine rings is 1. The molecule has 0 spiro atoms. The predicted molar refractivity (Wildman–Crippen MR) is 121 cm³/mol. The van der Waals surface area contributed by atoms with Crippen LogP contribution >= 0.6 is 0 Å². The van der Waals surface area contributed by atoms with Crippen LogP contribution < -0.4 is 10.1 Å². The number of aryl methyl sites for hydroxylation is 1. The van der Waals surface area contributed by atoms with Crippen LogP contribution in [0.1, 0.15) is 21.6 Å². The highest BCUT2D eigenvalue weighted by Gasteiger charge is 2.11. The van der Waals surface area contributed by atoms with Crippen LogP contribution in [-0.2, 0) is 11.2 Å². The summed E-state index contributed by atoms with van der Waals surface area (Å²) in [7, 11) is 0. The van der Waals surface area contributed by atoms with Crippen molar-refractivity contribution < 1.29 is 14.3 Å². The average Bonchev–Trinajstić information content (AvgIpc) is 3.28. The number of ether oxygens (including phenoxy) is 1. The summed E-state index contributed by atoms with van der Waals surface area (Å²) in [5.41, 5.74) is 3.62. The number of amides is 1. The fourth-order valence-electron chi connectivity index (χ4n) is 3.10. The third kappa shape index (κ3) is 5.46. The molecule has 0 radical (unpaired) electrons. The second kappa shape index (κ2) is 9.70. The summed E-state index contributed by atoms with van der Waals surface area (Å²) in [6, 6.07) is 20.2. The van der Waals surface area contributed by atoms with Crippen molar-refractivity contribution >= 4 is 17.4 Å². The number of aromatic nitrogens is 3. The molecule has 0 atom stereocenters. The average molecular weight is 426 g/mol.